The minimum Gasteiger partial charge on any atom is -0.379 e. The van der Waals surface area contributed by atoms with E-state index in [0.29, 0.717) is 0 Å². The Morgan fingerprint density at radius 1 is 1.38 bits per heavy atom. The lowest BCUT2D eigenvalue weighted by Crippen LogP contribution is -2.33. The summed E-state index contributed by atoms with van der Waals surface area (Å²) in [7, 11) is 0. The molecule has 1 rings (SSSR count). The summed E-state index contributed by atoms with van der Waals surface area (Å²) in [5, 5.41) is 0. The predicted molar refractivity (Wildman–Crippen MR) is 32.4 cm³/mol. The van der Waals surface area contributed by atoms with Crippen LogP contribution >= 0.6 is 0 Å². The van der Waals surface area contributed by atoms with Crippen molar-refractivity contribution in [2.24, 2.45) is 0 Å². The molecule has 0 N–H and O–H groups in total. The van der Waals surface area contributed by atoms with Gasteiger partial charge < -0.3 is 4.74 Å². The molecule has 47 valence electrons. The molecule has 1 aliphatic heterocycles. The Morgan fingerprint density at radius 2 is 2.00 bits per heavy atom. The summed E-state index contributed by atoms with van der Waals surface area (Å²) in [6, 6.07) is 0. The second-order valence-corrected chi connectivity index (χ2v) is 1.91. The largest absolute Gasteiger partial charge is 0.379 e. The summed E-state index contributed by atoms with van der Waals surface area (Å²) in [6.07, 6.45) is 0. The molecule has 0 bridgehead atoms. The molecule has 0 aromatic carbocycles. The summed E-state index contributed by atoms with van der Waals surface area (Å²) in [6.45, 7) is 8.09. The zero-order valence-electron chi connectivity index (χ0n) is 5.26. The fraction of sp³-hybridized carbons (Fsp3) is 0.833. The average molecular weight is 114 g/mol. The smallest absolute Gasteiger partial charge is 0.0594 e. The normalized spacial score (nSPS) is 23.6. The maximum absolute atomic E-state index is 5.14. The molecular weight excluding hydrogens is 102 g/mol. The van der Waals surface area contributed by atoms with Gasteiger partial charge in [-0.25, -0.2) is 0 Å². The summed E-state index contributed by atoms with van der Waals surface area (Å²) < 4.78 is 5.14. The minimum atomic E-state index is 0.893. The Balaban J connectivity index is 2.13. The third kappa shape index (κ3) is 1.46. The molecule has 0 saturated carbocycles. The molecule has 0 aromatic rings. The van der Waals surface area contributed by atoms with Gasteiger partial charge in [0.15, 0.2) is 0 Å². The van der Waals surface area contributed by atoms with E-state index in [1.165, 1.54) is 0 Å². The maximum atomic E-state index is 5.14. The first-order valence-corrected chi connectivity index (χ1v) is 3.05. The first kappa shape index (κ1) is 6.05. The van der Waals surface area contributed by atoms with Crippen LogP contribution in [-0.4, -0.2) is 31.2 Å². The first-order valence-electron chi connectivity index (χ1n) is 3.05. The van der Waals surface area contributed by atoms with Gasteiger partial charge in [0.1, 0.15) is 0 Å². The van der Waals surface area contributed by atoms with E-state index in [9.17, 15) is 0 Å². The van der Waals surface area contributed by atoms with Crippen molar-refractivity contribution < 1.29 is 4.74 Å². The van der Waals surface area contributed by atoms with Crippen LogP contribution in [0.4, 0.5) is 0 Å². The molecule has 0 aromatic heterocycles. The minimum absolute atomic E-state index is 0.893. The fourth-order valence-corrected chi connectivity index (χ4v) is 0.836. The van der Waals surface area contributed by atoms with Crippen molar-refractivity contribution >= 4 is 0 Å². The van der Waals surface area contributed by atoms with Gasteiger partial charge in [-0.2, -0.15) is 0 Å². The van der Waals surface area contributed by atoms with Crippen molar-refractivity contribution in [1.29, 1.82) is 0 Å². The number of hydrogen-bond donors (Lipinski definition) is 0. The van der Waals surface area contributed by atoms with Crippen molar-refractivity contribution in [3.8, 4) is 0 Å². The fourth-order valence-electron chi connectivity index (χ4n) is 0.836. The lowest BCUT2D eigenvalue weighted by Gasteiger charge is -2.24. The number of ether oxygens (including phenoxy) is 1. The summed E-state index contributed by atoms with van der Waals surface area (Å²) in [4.78, 5) is 2.27. The molecular formula is C6H12NO. The predicted octanol–water partition coefficient (Wildman–Crippen LogP) is 0.500. The Hall–Kier alpha value is -0.0800. The van der Waals surface area contributed by atoms with Gasteiger partial charge in [-0.15, -0.1) is 0 Å². The van der Waals surface area contributed by atoms with Crippen LogP contribution in [0.25, 0.3) is 0 Å². The Labute approximate surface area is 50.4 Å². The quantitative estimate of drug-likeness (QED) is 0.492. The van der Waals surface area contributed by atoms with Crippen molar-refractivity contribution in [3.63, 3.8) is 0 Å². The molecule has 2 nitrogen and oxygen atoms in total. The number of hydrogen-bond acceptors (Lipinski definition) is 2. The molecule has 0 aliphatic carbocycles. The van der Waals surface area contributed by atoms with E-state index in [-0.39, 0.29) is 0 Å². The van der Waals surface area contributed by atoms with Crippen LogP contribution in [0.1, 0.15) is 6.92 Å². The standard InChI is InChI=1S/C6H12NO/c1-2-7-3-5-8-6-4-7/h2H,3-6H2,1H3. The number of rotatable bonds is 1. The molecule has 1 radical (unpaired) electrons. The number of nitrogens with zero attached hydrogens (tertiary/aromatic N) is 1. The molecule has 0 atom stereocenters. The topological polar surface area (TPSA) is 12.5 Å². The second-order valence-electron chi connectivity index (χ2n) is 1.91. The Morgan fingerprint density at radius 3 is 2.38 bits per heavy atom. The van der Waals surface area contributed by atoms with Crippen molar-refractivity contribution in [2.45, 2.75) is 6.92 Å². The summed E-state index contributed by atoms with van der Waals surface area (Å²) in [5.41, 5.74) is 0. The van der Waals surface area contributed by atoms with Crippen LogP contribution in [0, 0.1) is 6.54 Å². The van der Waals surface area contributed by atoms with E-state index in [1.807, 2.05) is 0 Å². The molecule has 8 heavy (non-hydrogen) atoms. The highest BCUT2D eigenvalue weighted by Crippen LogP contribution is 1.96. The molecule has 1 saturated heterocycles. The second kappa shape index (κ2) is 3.05. The van der Waals surface area contributed by atoms with Crippen molar-refractivity contribution in [1.82, 2.24) is 4.90 Å². The van der Waals surface area contributed by atoms with Gasteiger partial charge >= 0.3 is 0 Å². The average Bonchev–Trinajstić information content (AvgIpc) is 1.90. The summed E-state index contributed by atoms with van der Waals surface area (Å²) >= 11 is 0. The molecule has 0 amide bonds. The third-order valence-electron chi connectivity index (χ3n) is 1.41. The highest BCUT2D eigenvalue weighted by Gasteiger charge is 2.06. The zero-order valence-corrected chi connectivity index (χ0v) is 5.26. The first-order chi connectivity index (χ1) is 3.93. The monoisotopic (exact) mass is 114 g/mol. The van der Waals surface area contributed by atoms with E-state index in [2.05, 4.69) is 18.4 Å². The maximum Gasteiger partial charge on any atom is 0.0594 e. The zero-order chi connectivity index (χ0) is 5.82. The van der Waals surface area contributed by atoms with E-state index >= 15 is 0 Å². The van der Waals surface area contributed by atoms with E-state index in [1.54, 1.807) is 0 Å². The van der Waals surface area contributed by atoms with Crippen molar-refractivity contribution in [3.05, 3.63) is 6.54 Å². The van der Waals surface area contributed by atoms with Gasteiger partial charge in [0.05, 0.1) is 13.2 Å². The number of morpholine rings is 1. The molecule has 0 spiro atoms. The van der Waals surface area contributed by atoms with Crippen LogP contribution in [0.5, 0.6) is 0 Å². The van der Waals surface area contributed by atoms with Crippen LogP contribution in [0.2, 0.25) is 0 Å². The summed E-state index contributed by atoms with van der Waals surface area (Å²) in [5.74, 6) is 0. The molecule has 1 fully saturated rings. The molecule has 2 heteroatoms. The lowest BCUT2D eigenvalue weighted by atomic mass is 10.4. The Bertz CT molecular complexity index is 59.5. The van der Waals surface area contributed by atoms with Gasteiger partial charge in [-0.1, -0.05) is 0 Å². The van der Waals surface area contributed by atoms with Crippen LogP contribution in [0.3, 0.4) is 0 Å². The molecule has 0 unspecified atom stereocenters. The van der Waals surface area contributed by atoms with E-state index in [4.69, 9.17) is 4.74 Å². The van der Waals surface area contributed by atoms with Crippen LogP contribution < -0.4 is 0 Å². The van der Waals surface area contributed by atoms with Gasteiger partial charge in [-0.3, -0.25) is 4.90 Å². The van der Waals surface area contributed by atoms with Crippen LogP contribution in [-0.2, 0) is 4.74 Å². The van der Waals surface area contributed by atoms with E-state index < -0.39 is 0 Å². The van der Waals surface area contributed by atoms with Gasteiger partial charge in [0.25, 0.3) is 0 Å². The van der Waals surface area contributed by atoms with Crippen molar-refractivity contribution in [2.75, 3.05) is 26.3 Å². The SMILES string of the molecule is C[CH]N1CCOCC1. The highest BCUT2D eigenvalue weighted by atomic mass is 16.5. The molecule has 1 heterocycles. The van der Waals surface area contributed by atoms with Gasteiger partial charge in [0.2, 0.25) is 0 Å². The van der Waals surface area contributed by atoms with E-state index in [0.717, 1.165) is 26.3 Å². The van der Waals surface area contributed by atoms with Gasteiger partial charge in [-0.05, 0) is 6.92 Å². The highest BCUT2D eigenvalue weighted by molar-refractivity contribution is 4.65. The van der Waals surface area contributed by atoms with Gasteiger partial charge in [0, 0.05) is 19.6 Å². The third-order valence-corrected chi connectivity index (χ3v) is 1.41. The van der Waals surface area contributed by atoms with Crippen LogP contribution in [0.15, 0.2) is 0 Å². The lowest BCUT2D eigenvalue weighted by molar-refractivity contribution is 0.0518. The molecule has 1 aliphatic rings. The Kier molecular flexibility index (Phi) is 2.30.